The largest absolute Gasteiger partial charge is 0.393 e. The van der Waals surface area contributed by atoms with Gasteiger partial charge in [-0.25, -0.2) is 4.39 Å². The highest BCUT2D eigenvalue weighted by molar-refractivity contribution is 5.16. The van der Waals surface area contributed by atoms with E-state index in [4.69, 9.17) is 9.84 Å². The van der Waals surface area contributed by atoms with Gasteiger partial charge in [0.15, 0.2) is 0 Å². The van der Waals surface area contributed by atoms with Crippen molar-refractivity contribution < 1.29 is 24.4 Å². The third-order valence-electron chi connectivity index (χ3n) is 2.75. The maximum atomic E-state index is 13.3. The number of rotatable bonds is 9. The molecule has 0 radical (unpaired) electrons. The molecule has 0 fully saturated rings. The molecule has 0 aliphatic carbocycles. The van der Waals surface area contributed by atoms with Gasteiger partial charge in [0.2, 0.25) is 0 Å². The van der Waals surface area contributed by atoms with Crippen molar-refractivity contribution in [2.75, 3.05) is 26.3 Å². The molecule has 1 rings (SSSR count). The molecule has 0 aliphatic rings. The third-order valence-corrected chi connectivity index (χ3v) is 2.75. The Balaban J connectivity index is 2.18. The summed E-state index contributed by atoms with van der Waals surface area (Å²) in [4.78, 5) is 0. The monoisotopic (exact) mass is 287 g/mol. The molecule has 6 heteroatoms. The van der Waals surface area contributed by atoms with E-state index in [1.807, 2.05) is 0 Å². The number of aliphatic hydroxyl groups is 3. The Kier molecular flexibility index (Phi) is 7.04. The molecule has 0 bridgehead atoms. The molecule has 20 heavy (non-hydrogen) atoms. The molecule has 0 amide bonds. The van der Waals surface area contributed by atoms with E-state index in [1.54, 1.807) is 18.2 Å². The lowest BCUT2D eigenvalue weighted by Gasteiger charge is -2.21. The van der Waals surface area contributed by atoms with Gasteiger partial charge in [-0.1, -0.05) is 18.2 Å². The predicted molar refractivity (Wildman–Crippen MR) is 72.6 cm³/mol. The maximum absolute atomic E-state index is 13.3. The number of hydrogen-bond acceptors (Lipinski definition) is 5. The van der Waals surface area contributed by atoms with Crippen molar-refractivity contribution in [2.24, 2.45) is 0 Å². The van der Waals surface area contributed by atoms with Crippen molar-refractivity contribution in [3.05, 3.63) is 35.6 Å². The molecule has 0 aliphatic heterocycles. The zero-order chi connectivity index (χ0) is 15.0. The number of halogens is 1. The lowest BCUT2D eigenvalue weighted by molar-refractivity contribution is -0.00505. The Bertz CT molecular complexity index is 401. The summed E-state index contributed by atoms with van der Waals surface area (Å²) in [6.45, 7) is 1.66. The summed E-state index contributed by atoms with van der Waals surface area (Å²) in [7, 11) is 0. The normalized spacial score (nSPS) is 15.8. The summed E-state index contributed by atoms with van der Waals surface area (Å²) >= 11 is 0. The van der Waals surface area contributed by atoms with Gasteiger partial charge in [0.05, 0.1) is 31.5 Å². The summed E-state index contributed by atoms with van der Waals surface area (Å²) in [5.74, 6) is -0.334. The van der Waals surface area contributed by atoms with E-state index >= 15 is 0 Å². The minimum Gasteiger partial charge on any atom is -0.393 e. The quantitative estimate of drug-likeness (QED) is 0.515. The molecular formula is C14H22FNO4. The van der Waals surface area contributed by atoms with Gasteiger partial charge in [-0.2, -0.15) is 0 Å². The van der Waals surface area contributed by atoms with Crippen LogP contribution in [0.2, 0.25) is 0 Å². The lowest BCUT2D eigenvalue weighted by Crippen LogP contribution is -2.43. The smallest absolute Gasteiger partial charge is 0.128 e. The van der Waals surface area contributed by atoms with Crippen molar-refractivity contribution in [2.45, 2.75) is 25.2 Å². The topological polar surface area (TPSA) is 82.0 Å². The Morgan fingerprint density at radius 1 is 1.40 bits per heavy atom. The Labute approximate surface area is 118 Å². The molecule has 0 saturated carbocycles. The second-order valence-corrected chi connectivity index (χ2v) is 5.05. The number of hydrogen-bond donors (Lipinski definition) is 4. The van der Waals surface area contributed by atoms with Crippen LogP contribution >= 0.6 is 0 Å². The highest BCUT2D eigenvalue weighted by Gasteiger charge is 2.18. The van der Waals surface area contributed by atoms with Crippen LogP contribution in [-0.2, 0) is 11.3 Å². The number of aliphatic hydroxyl groups excluding tert-OH is 2. The zero-order valence-corrected chi connectivity index (χ0v) is 11.6. The van der Waals surface area contributed by atoms with Gasteiger partial charge >= 0.3 is 0 Å². The predicted octanol–water partition coefficient (Wildman–Crippen LogP) is 0.0361. The van der Waals surface area contributed by atoms with Crippen LogP contribution in [-0.4, -0.2) is 53.3 Å². The molecule has 0 saturated heterocycles. The van der Waals surface area contributed by atoms with E-state index in [0.29, 0.717) is 5.56 Å². The van der Waals surface area contributed by atoms with Crippen LogP contribution in [0.15, 0.2) is 24.3 Å². The Morgan fingerprint density at radius 2 is 2.10 bits per heavy atom. The third kappa shape index (κ3) is 6.40. The van der Waals surface area contributed by atoms with E-state index in [1.165, 1.54) is 13.0 Å². The standard InChI is InChI=1S/C14H22FNO4/c1-14(19,10-17)9-16-6-12(18)8-20-7-11-4-2-3-5-13(11)15/h2-5,12,16-19H,6-10H2,1H3. The minimum absolute atomic E-state index is 0.0581. The fraction of sp³-hybridized carbons (Fsp3) is 0.571. The average Bonchev–Trinajstić information content (AvgIpc) is 2.41. The average molecular weight is 287 g/mol. The van der Waals surface area contributed by atoms with Gasteiger partial charge in [-0.15, -0.1) is 0 Å². The lowest BCUT2D eigenvalue weighted by atomic mass is 10.1. The van der Waals surface area contributed by atoms with Crippen LogP contribution in [0.3, 0.4) is 0 Å². The van der Waals surface area contributed by atoms with Gasteiger partial charge in [-0.05, 0) is 13.0 Å². The van der Waals surface area contributed by atoms with Gasteiger partial charge < -0.3 is 25.4 Å². The van der Waals surface area contributed by atoms with E-state index in [9.17, 15) is 14.6 Å². The minimum atomic E-state index is -1.21. The maximum Gasteiger partial charge on any atom is 0.128 e. The molecule has 4 N–H and O–H groups in total. The summed E-state index contributed by atoms with van der Waals surface area (Å²) < 4.78 is 18.5. The van der Waals surface area contributed by atoms with Crippen LogP contribution in [0.4, 0.5) is 4.39 Å². The Hall–Kier alpha value is -1.05. The molecule has 2 unspecified atom stereocenters. The van der Waals surface area contributed by atoms with Crippen molar-refractivity contribution >= 4 is 0 Å². The molecule has 0 heterocycles. The first-order valence-electron chi connectivity index (χ1n) is 6.48. The van der Waals surface area contributed by atoms with Crippen LogP contribution in [0.1, 0.15) is 12.5 Å². The molecule has 2 atom stereocenters. The molecule has 114 valence electrons. The summed E-state index contributed by atoms with van der Waals surface area (Å²) in [5, 5.41) is 30.8. The van der Waals surface area contributed by atoms with Gasteiger partial charge in [0.25, 0.3) is 0 Å². The molecule has 0 aromatic heterocycles. The molecule has 1 aromatic carbocycles. The summed E-state index contributed by atoms with van der Waals surface area (Å²) in [5.41, 5.74) is -0.774. The second-order valence-electron chi connectivity index (χ2n) is 5.05. The van der Waals surface area contributed by atoms with E-state index < -0.39 is 11.7 Å². The summed E-state index contributed by atoms with van der Waals surface area (Å²) in [6, 6.07) is 6.30. The van der Waals surface area contributed by atoms with E-state index in [-0.39, 0.29) is 38.7 Å². The van der Waals surface area contributed by atoms with Crippen LogP contribution in [0.25, 0.3) is 0 Å². The van der Waals surface area contributed by atoms with Crippen molar-refractivity contribution in [3.8, 4) is 0 Å². The first-order chi connectivity index (χ1) is 9.44. The second kappa shape index (κ2) is 8.28. The van der Waals surface area contributed by atoms with Gasteiger partial charge in [0, 0.05) is 18.7 Å². The van der Waals surface area contributed by atoms with Gasteiger partial charge in [0.1, 0.15) is 5.82 Å². The molecular weight excluding hydrogens is 265 g/mol. The molecule has 5 nitrogen and oxygen atoms in total. The van der Waals surface area contributed by atoms with Crippen molar-refractivity contribution in [1.82, 2.24) is 5.32 Å². The molecule has 1 aromatic rings. The number of benzene rings is 1. The first kappa shape index (κ1) is 17.0. The highest BCUT2D eigenvalue weighted by Crippen LogP contribution is 2.07. The number of ether oxygens (including phenoxy) is 1. The zero-order valence-electron chi connectivity index (χ0n) is 11.6. The van der Waals surface area contributed by atoms with Crippen molar-refractivity contribution in [1.29, 1.82) is 0 Å². The Morgan fingerprint density at radius 3 is 2.75 bits per heavy atom. The van der Waals surface area contributed by atoms with E-state index in [0.717, 1.165) is 0 Å². The fourth-order valence-corrected chi connectivity index (χ4v) is 1.54. The van der Waals surface area contributed by atoms with E-state index in [2.05, 4.69) is 5.32 Å². The van der Waals surface area contributed by atoms with Gasteiger partial charge in [-0.3, -0.25) is 0 Å². The van der Waals surface area contributed by atoms with Crippen LogP contribution < -0.4 is 5.32 Å². The van der Waals surface area contributed by atoms with Crippen LogP contribution in [0, 0.1) is 5.82 Å². The number of nitrogens with one attached hydrogen (secondary N) is 1. The summed E-state index contributed by atoms with van der Waals surface area (Å²) in [6.07, 6.45) is -0.767. The molecule has 0 spiro atoms. The van der Waals surface area contributed by atoms with Crippen LogP contribution in [0.5, 0.6) is 0 Å². The SMILES string of the molecule is CC(O)(CO)CNCC(O)COCc1ccccc1F. The first-order valence-corrected chi connectivity index (χ1v) is 6.48. The fourth-order valence-electron chi connectivity index (χ4n) is 1.54. The van der Waals surface area contributed by atoms with Crippen molar-refractivity contribution in [3.63, 3.8) is 0 Å². The highest BCUT2D eigenvalue weighted by atomic mass is 19.1.